The Hall–Kier alpha value is -1.85. The molecule has 3 rings (SSSR count). The molecule has 6 heteroatoms. The second-order valence-electron chi connectivity index (χ2n) is 4.41. The van der Waals surface area contributed by atoms with Crippen molar-refractivity contribution in [3.05, 3.63) is 17.8 Å². The number of fused-ring (bicyclic) bond motifs is 1. The van der Waals surface area contributed by atoms with Crippen molar-refractivity contribution in [2.75, 3.05) is 13.1 Å². The molecule has 1 aromatic rings. The van der Waals surface area contributed by atoms with Crippen LogP contribution >= 0.6 is 0 Å². The highest BCUT2D eigenvalue weighted by molar-refractivity contribution is 6.87. The van der Waals surface area contributed by atoms with Crippen LogP contribution in [0.1, 0.15) is 23.2 Å². The standard InChI is InChI=1S/C11H12BN3O2/c16-10(17)7-5-8-9(13-6-7)14-11(12-8)15-3-1-2-4-15/h5-6,12H,1-4H2,(H,16,17). The summed E-state index contributed by atoms with van der Waals surface area (Å²) >= 11 is 0. The minimum absolute atomic E-state index is 0.238. The summed E-state index contributed by atoms with van der Waals surface area (Å²) in [4.78, 5) is 21.7. The Balaban J connectivity index is 1.86. The Morgan fingerprint density at radius 3 is 2.88 bits per heavy atom. The van der Waals surface area contributed by atoms with Gasteiger partial charge in [0.15, 0.2) is 0 Å². The van der Waals surface area contributed by atoms with E-state index >= 15 is 0 Å². The molecule has 0 radical (unpaired) electrons. The molecule has 0 amide bonds. The molecular formula is C11H12BN3O2. The van der Waals surface area contributed by atoms with Gasteiger partial charge in [0.2, 0.25) is 7.28 Å². The van der Waals surface area contributed by atoms with Crippen molar-refractivity contribution < 1.29 is 9.90 Å². The Morgan fingerprint density at radius 1 is 1.41 bits per heavy atom. The molecule has 2 aliphatic rings. The van der Waals surface area contributed by atoms with E-state index in [1.165, 1.54) is 19.0 Å². The molecule has 0 atom stereocenters. The van der Waals surface area contributed by atoms with Crippen LogP contribution in [0, 0.1) is 0 Å². The second kappa shape index (κ2) is 3.87. The lowest BCUT2D eigenvalue weighted by atomic mass is 9.70. The predicted molar refractivity (Wildman–Crippen MR) is 65.9 cm³/mol. The van der Waals surface area contributed by atoms with Crippen LogP contribution in [0.2, 0.25) is 0 Å². The predicted octanol–water partition coefficient (Wildman–Crippen LogP) is -0.0615. The first-order chi connectivity index (χ1) is 8.24. The molecule has 17 heavy (non-hydrogen) atoms. The SMILES string of the molecule is O=C(O)c1cnc2c(c1)BC(N1CCCC1)=N2. The zero-order valence-corrected chi connectivity index (χ0v) is 9.39. The Kier molecular flexibility index (Phi) is 2.35. The fourth-order valence-electron chi connectivity index (χ4n) is 2.34. The summed E-state index contributed by atoms with van der Waals surface area (Å²) in [6, 6.07) is 1.68. The van der Waals surface area contributed by atoms with Gasteiger partial charge in [-0.1, -0.05) is 0 Å². The zero-order chi connectivity index (χ0) is 11.8. The molecule has 0 aliphatic carbocycles. The third kappa shape index (κ3) is 1.79. The Bertz CT molecular complexity index is 509. The number of pyridine rings is 1. The molecule has 3 heterocycles. The third-order valence-electron chi connectivity index (χ3n) is 3.24. The highest BCUT2D eigenvalue weighted by atomic mass is 16.4. The number of carbonyl (C=O) groups is 1. The van der Waals surface area contributed by atoms with Gasteiger partial charge >= 0.3 is 5.97 Å². The van der Waals surface area contributed by atoms with Gasteiger partial charge in [0.25, 0.3) is 0 Å². The normalized spacial score (nSPS) is 17.6. The molecule has 1 N–H and O–H groups in total. The van der Waals surface area contributed by atoms with Crippen LogP contribution in [0.4, 0.5) is 5.82 Å². The number of aromatic carboxylic acids is 1. The minimum Gasteiger partial charge on any atom is -0.478 e. The number of carboxylic acid groups (broad SMARTS) is 1. The molecular weight excluding hydrogens is 217 g/mol. The number of rotatable bonds is 1. The molecule has 0 unspecified atom stereocenters. The van der Waals surface area contributed by atoms with Gasteiger partial charge in [-0.2, -0.15) is 0 Å². The summed E-state index contributed by atoms with van der Waals surface area (Å²) in [5, 5.41) is 8.91. The Labute approximate surface area is 99.4 Å². The topological polar surface area (TPSA) is 65.8 Å². The number of hydrogen-bond donors (Lipinski definition) is 1. The molecule has 1 fully saturated rings. The van der Waals surface area contributed by atoms with E-state index in [9.17, 15) is 4.79 Å². The van der Waals surface area contributed by atoms with Crippen LogP contribution in [-0.2, 0) is 0 Å². The van der Waals surface area contributed by atoms with Crippen molar-refractivity contribution in [3.63, 3.8) is 0 Å². The van der Waals surface area contributed by atoms with E-state index < -0.39 is 5.97 Å². The van der Waals surface area contributed by atoms with Crippen molar-refractivity contribution >= 4 is 30.3 Å². The van der Waals surface area contributed by atoms with Crippen LogP contribution in [-0.4, -0.2) is 47.1 Å². The van der Waals surface area contributed by atoms with Gasteiger partial charge in [0.05, 0.1) is 11.3 Å². The van der Waals surface area contributed by atoms with E-state index in [0.29, 0.717) is 13.1 Å². The first-order valence-corrected chi connectivity index (χ1v) is 5.79. The fourth-order valence-corrected chi connectivity index (χ4v) is 2.34. The number of likely N-dealkylation sites (tertiary alicyclic amines) is 1. The van der Waals surface area contributed by atoms with Crippen LogP contribution < -0.4 is 5.46 Å². The maximum absolute atomic E-state index is 10.9. The summed E-state index contributed by atoms with van der Waals surface area (Å²) in [5.41, 5.74) is 2.20. The quantitative estimate of drug-likeness (QED) is 0.685. The van der Waals surface area contributed by atoms with Gasteiger partial charge in [0, 0.05) is 19.3 Å². The van der Waals surface area contributed by atoms with E-state index in [-0.39, 0.29) is 5.56 Å². The zero-order valence-electron chi connectivity index (χ0n) is 9.39. The molecule has 5 nitrogen and oxygen atoms in total. The molecule has 86 valence electrons. The fraction of sp³-hybridized carbons (Fsp3) is 0.364. The highest BCUT2D eigenvalue weighted by Crippen LogP contribution is 2.16. The number of aliphatic imine (C=N–C) groups is 1. The van der Waals surface area contributed by atoms with Gasteiger partial charge in [0.1, 0.15) is 5.82 Å². The molecule has 1 aromatic heterocycles. The van der Waals surface area contributed by atoms with E-state index in [1.54, 1.807) is 6.07 Å². The van der Waals surface area contributed by atoms with Crippen LogP contribution in [0.5, 0.6) is 0 Å². The summed E-state index contributed by atoms with van der Waals surface area (Å²) < 4.78 is 0. The Morgan fingerprint density at radius 2 is 2.18 bits per heavy atom. The lowest BCUT2D eigenvalue weighted by Gasteiger charge is -2.16. The number of hydrogen-bond acceptors (Lipinski definition) is 4. The van der Waals surface area contributed by atoms with Gasteiger partial charge in [-0.3, -0.25) is 0 Å². The summed E-state index contributed by atoms with van der Waals surface area (Å²) in [7, 11) is 0.712. The highest BCUT2D eigenvalue weighted by Gasteiger charge is 2.25. The number of aromatic nitrogens is 1. The van der Waals surface area contributed by atoms with E-state index in [2.05, 4.69) is 14.9 Å². The maximum atomic E-state index is 10.9. The first-order valence-electron chi connectivity index (χ1n) is 5.79. The molecule has 0 bridgehead atoms. The lowest BCUT2D eigenvalue weighted by molar-refractivity contribution is 0.0696. The average molecular weight is 229 g/mol. The molecule has 0 aromatic carbocycles. The molecule has 1 saturated heterocycles. The van der Waals surface area contributed by atoms with Crippen LogP contribution in [0.25, 0.3) is 0 Å². The average Bonchev–Trinajstić information content (AvgIpc) is 2.96. The van der Waals surface area contributed by atoms with Crippen molar-refractivity contribution in [1.82, 2.24) is 9.88 Å². The maximum Gasteiger partial charge on any atom is 0.337 e. The summed E-state index contributed by atoms with van der Waals surface area (Å²) in [5.74, 6) is -0.258. The monoisotopic (exact) mass is 229 g/mol. The van der Waals surface area contributed by atoms with Gasteiger partial charge in [-0.15, -0.1) is 0 Å². The van der Waals surface area contributed by atoms with Gasteiger partial charge in [-0.25, -0.2) is 14.8 Å². The van der Waals surface area contributed by atoms with Crippen molar-refractivity contribution in [2.24, 2.45) is 4.99 Å². The molecule has 0 spiro atoms. The molecule has 0 saturated carbocycles. The molecule has 2 aliphatic heterocycles. The van der Waals surface area contributed by atoms with E-state index in [1.807, 2.05) is 0 Å². The van der Waals surface area contributed by atoms with Crippen molar-refractivity contribution in [1.29, 1.82) is 0 Å². The number of carboxylic acids is 1. The van der Waals surface area contributed by atoms with Gasteiger partial charge in [-0.05, 0) is 24.4 Å². The van der Waals surface area contributed by atoms with Gasteiger partial charge < -0.3 is 10.0 Å². The van der Waals surface area contributed by atoms with Crippen molar-refractivity contribution in [3.8, 4) is 0 Å². The minimum atomic E-state index is -0.935. The smallest absolute Gasteiger partial charge is 0.337 e. The third-order valence-corrected chi connectivity index (χ3v) is 3.24. The summed E-state index contributed by atoms with van der Waals surface area (Å²) in [6.07, 6.45) is 3.80. The van der Waals surface area contributed by atoms with E-state index in [4.69, 9.17) is 5.11 Å². The first kappa shape index (κ1) is 10.3. The lowest BCUT2D eigenvalue weighted by Crippen LogP contribution is -2.34. The second-order valence-corrected chi connectivity index (χ2v) is 4.41. The van der Waals surface area contributed by atoms with E-state index in [0.717, 1.165) is 24.3 Å². The summed E-state index contributed by atoms with van der Waals surface area (Å²) in [6.45, 7) is 2.11. The van der Waals surface area contributed by atoms with Crippen LogP contribution in [0.3, 0.4) is 0 Å². The number of nitrogens with zero attached hydrogens (tertiary/aromatic N) is 3. The largest absolute Gasteiger partial charge is 0.478 e. The van der Waals surface area contributed by atoms with Crippen molar-refractivity contribution in [2.45, 2.75) is 12.8 Å². The number of amidine groups is 1. The van der Waals surface area contributed by atoms with Crippen LogP contribution in [0.15, 0.2) is 17.3 Å².